The molecule has 2 rings (SSSR count). The second-order valence-electron chi connectivity index (χ2n) is 2.02. The van der Waals surface area contributed by atoms with Crippen molar-refractivity contribution in [3.05, 3.63) is 17.8 Å². The molecule has 0 aliphatic carbocycles. The second kappa shape index (κ2) is 1.69. The van der Waals surface area contributed by atoms with E-state index in [9.17, 15) is 0 Å². The van der Waals surface area contributed by atoms with Gasteiger partial charge in [-0.05, 0) is 12.5 Å². The van der Waals surface area contributed by atoms with E-state index in [4.69, 9.17) is 0 Å². The number of hydrogen-bond donors (Lipinski definition) is 1. The lowest BCUT2D eigenvalue weighted by molar-refractivity contribution is 1.02. The average molecular weight is 120 g/mol. The van der Waals surface area contributed by atoms with Crippen LogP contribution in [0.5, 0.6) is 0 Å². The van der Waals surface area contributed by atoms with Crippen LogP contribution < -0.4 is 5.32 Å². The zero-order chi connectivity index (χ0) is 6.10. The first-order chi connectivity index (χ1) is 4.47. The zero-order valence-electron chi connectivity index (χ0n) is 4.89. The van der Waals surface area contributed by atoms with Crippen molar-refractivity contribution in [1.29, 1.82) is 0 Å². The lowest BCUT2D eigenvalue weighted by atomic mass is 10.2. The molecule has 0 fully saturated rings. The van der Waals surface area contributed by atoms with Crippen molar-refractivity contribution in [1.82, 2.24) is 10.2 Å². The van der Waals surface area contributed by atoms with Gasteiger partial charge < -0.3 is 5.32 Å². The van der Waals surface area contributed by atoms with Gasteiger partial charge >= 0.3 is 0 Å². The predicted octanol–water partition coefficient (Wildman–Crippen LogP) is 0.245. The van der Waals surface area contributed by atoms with Gasteiger partial charge in [0.25, 0.3) is 0 Å². The maximum absolute atomic E-state index is 3.84. The van der Waals surface area contributed by atoms with Crippen LogP contribution in [0, 0.1) is 6.20 Å². The molecule has 0 atom stereocenters. The number of fused-ring (bicyclic) bond motifs is 1. The Morgan fingerprint density at radius 1 is 1.67 bits per heavy atom. The highest BCUT2D eigenvalue weighted by Gasteiger charge is 2.09. The Kier molecular flexibility index (Phi) is 0.886. The summed E-state index contributed by atoms with van der Waals surface area (Å²) < 4.78 is 0. The van der Waals surface area contributed by atoms with Crippen LogP contribution in [0.15, 0.2) is 6.07 Å². The van der Waals surface area contributed by atoms with E-state index in [2.05, 4.69) is 21.7 Å². The minimum Gasteiger partial charge on any atom is -0.368 e. The van der Waals surface area contributed by atoms with Crippen molar-refractivity contribution in [2.45, 2.75) is 6.42 Å². The van der Waals surface area contributed by atoms with Crippen LogP contribution in [0.2, 0.25) is 0 Å². The first-order valence-electron chi connectivity index (χ1n) is 2.93. The molecule has 45 valence electrons. The highest BCUT2D eigenvalue weighted by molar-refractivity contribution is 5.46. The van der Waals surface area contributed by atoms with Gasteiger partial charge in [-0.15, -0.1) is 10.2 Å². The first kappa shape index (κ1) is 4.73. The summed E-state index contributed by atoms with van der Waals surface area (Å²) in [7, 11) is 0. The Labute approximate surface area is 53.1 Å². The molecule has 1 N–H and O–H groups in total. The van der Waals surface area contributed by atoms with Crippen LogP contribution in [0.25, 0.3) is 0 Å². The van der Waals surface area contributed by atoms with Crippen molar-refractivity contribution >= 4 is 5.82 Å². The molecule has 3 heteroatoms. The Hall–Kier alpha value is -1.12. The van der Waals surface area contributed by atoms with Gasteiger partial charge in [0.1, 0.15) is 6.20 Å². The highest BCUT2D eigenvalue weighted by Crippen LogP contribution is 2.15. The van der Waals surface area contributed by atoms with E-state index in [1.807, 2.05) is 6.07 Å². The van der Waals surface area contributed by atoms with E-state index in [0.29, 0.717) is 0 Å². The number of anilines is 1. The maximum atomic E-state index is 3.84. The van der Waals surface area contributed by atoms with Crippen LogP contribution in [0.4, 0.5) is 5.82 Å². The molecular weight excluding hydrogens is 114 g/mol. The van der Waals surface area contributed by atoms with Crippen molar-refractivity contribution < 1.29 is 0 Å². The van der Waals surface area contributed by atoms with Gasteiger partial charge in [-0.3, -0.25) is 0 Å². The largest absolute Gasteiger partial charge is 0.368 e. The second-order valence-corrected chi connectivity index (χ2v) is 2.02. The average Bonchev–Trinajstić information content (AvgIpc) is 2.33. The van der Waals surface area contributed by atoms with Gasteiger partial charge in [-0.1, -0.05) is 0 Å². The van der Waals surface area contributed by atoms with E-state index in [0.717, 1.165) is 18.8 Å². The molecule has 0 spiro atoms. The molecule has 2 heterocycles. The van der Waals surface area contributed by atoms with Crippen molar-refractivity contribution in [3.8, 4) is 0 Å². The quantitative estimate of drug-likeness (QED) is 0.533. The molecule has 0 saturated carbocycles. The Balaban J connectivity index is 2.54. The molecule has 1 aliphatic rings. The number of nitrogens with one attached hydrogen (secondary N) is 1. The van der Waals surface area contributed by atoms with Crippen molar-refractivity contribution in [2.24, 2.45) is 0 Å². The topological polar surface area (TPSA) is 37.8 Å². The third kappa shape index (κ3) is 0.650. The van der Waals surface area contributed by atoms with Gasteiger partial charge in [0.2, 0.25) is 0 Å². The lowest BCUT2D eigenvalue weighted by Gasteiger charge is -1.91. The Morgan fingerprint density at radius 3 is 3.56 bits per heavy atom. The van der Waals surface area contributed by atoms with Gasteiger partial charge in [0.15, 0.2) is 5.82 Å². The summed E-state index contributed by atoms with van der Waals surface area (Å²) in [6.07, 6.45) is 3.75. The molecular formula is C6H6N3. The van der Waals surface area contributed by atoms with Crippen molar-refractivity contribution in [2.75, 3.05) is 11.9 Å². The summed E-state index contributed by atoms with van der Waals surface area (Å²) in [5, 5.41) is 10.6. The summed E-state index contributed by atoms with van der Waals surface area (Å²) in [6, 6.07) is 1.88. The van der Waals surface area contributed by atoms with Crippen LogP contribution in [0.3, 0.4) is 0 Å². The van der Waals surface area contributed by atoms with Gasteiger partial charge in [0.05, 0.1) is 0 Å². The molecule has 9 heavy (non-hydrogen) atoms. The van der Waals surface area contributed by atoms with Gasteiger partial charge in [0, 0.05) is 12.1 Å². The number of rotatable bonds is 0. The molecule has 0 amide bonds. The van der Waals surface area contributed by atoms with Crippen LogP contribution >= 0.6 is 0 Å². The summed E-state index contributed by atoms with van der Waals surface area (Å²) in [5.74, 6) is 0.925. The fraction of sp³-hybridized carbons (Fsp3) is 0.333. The zero-order valence-corrected chi connectivity index (χ0v) is 4.89. The summed E-state index contributed by atoms with van der Waals surface area (Å²) in [5.41, 5.74) is 1.23. The molecule has 0 unspecified atom stereocenters. The minimum atomic E-state index is 0.925. The summed E-state index contributed by atoms with van der Waals surface area (Å²) >= 11 is 0. The molecule has 0 saturated heterocycles. The highest BCUT2D eigenvalue weighted by atomic mass is 15.2. The molecule has 1 radical (unpaired) electrons. The smallest absolute Gasteiger partial charge is 0.152 e. The molecule has 3 nitrogen and oxygen atoms in total. The molecule has 0 bridgehead atoms. The Morgan fingerprint density at radius 2 is 2.67 bits per heavy atom. The molecule has 1 aromatic heterocycles. The van der Waals surface area contributed by atoms with E-state index < -0.39 is 0 Å². The van der Waals surface area contributed by atoms with Gasteiger partial charge in [-0.2, -0.15) is 0 Å². The van der Waals surface area contributed by atoms with E-state index >= 15 is 0 Å². The van der Waals surface area contributed by atoms with E-state index in [-0.39, 0.29) is 0 Å². The SMILES string of the molecule is [c]1cc2c(nn1)NCC2. The van der Waals surface area contributed by atoms with Crippen LogP contribution in [0.1, 0.15) is 5.56 Å². The van der Waals surface area contributed by atoms with E-state index in [1.54, 1.807) is 0 Å². The monoisotopic (exact) mass is 120 g/mol. The van der Waals surface area contributed by atoms with Gasteiger partial charge in [-0.25, -0.2) is 0 Å². The maximum Gasteiger partial charge on any atom is 0.152 e. The van der Waals surface area contributed by atoms with Crippen LogP contribution in [-0.2, 0) is 6.42 Å². The number of nitrogens with zero attached hydrogens (tertiary/aromatic N) is 2. The predicted molar refractivity (Wildman–Crippen MR) is 33.1 cm³/mol. The first-order valence-corrected chi connectivity index (χ1v) is 2.93. The van der Waals surface area contributed by atoms with Crippen LogP contribution in [-0.4, -0.2) is 16.7 Å². The fourth-order valence-electron chi connectivity index (χ4n) is 0.973. The third-order valence-electron chi connectivity index (χ3n) is 1.44. The van der Waals surface area contributed by atoms with E-state index in [1.165, 1.54) is 5.56 Å². The standard InChI is InChI=1S/C6H6N3/c1-3-7-6-5(1)2-4-8-9-6/h2H,1,3H2,(H,7,9). The normalized spacial score (nSPS) is 14.7. The minimum absolute atomic E-state index is 0.925. The molecule has 0 aromatic carbocycles. The fourth-order valence-corrected chi connectivity index (χ4v) is 0.973. The molecule has 1 aliphatic heterocycles. The van der Waals surface area contributed by atoms with Crippen molar-refractivity contribution in [3.63, 3.8) is 0 Å². The number of hydrogen-bond acceptors (Lipinski definition) is 3. The Bertz CT molecular complexity index is 198. The lowest BCUT2D eigenvalue weighted by Crippen LogP contribution is -1.93. The summed E-state index contributed by atoms with van der Waals surface area (Å²) in [6.45, 7) is 0.988. The molecule has 1 aromatic rings. The number of aromatic nitrogens is 2. The summed E-state index contributed by atoms with van der Waals surface area (Å²) in [4.78, 5) is 0. The third-order valence-corrected chi connectivity index (χ3v) is 1.44.